The molecular formula is C13H9BrClNO2. The van der Waals surface area contributed by atoms with Gasteiger partial charge in [-0.05, 0) is 40.2 Å². The van der Waals surface area contributed by atoms with Gasteiger partial charge in [0.05, 0.1) is 22.0 Å². The maximum Gasteiger partial charge on any atom is 0.337 e. The number of aromatic carboxylic acids is 1. The van der Waals surface area contributed by atoms with Crippen LogP contribution >= 0.6 is 27.5 Å². The van der Waals surface area contributed by atoms with Gasteiger partial charge in [-0.25, -0.2) is 4.79 Å². The molecule has 0 amide bonds. The van der Waals surface area contributed by atoms with Crippen LogP contribution in [-0.2, 0) is 0 Å². The van der Waals surface area contributed by atoms with Crippen molar-refractivity contribution in [2.75, 3.05) is 5.32 Å². The van der Waals surface area contributed by atoms with Crippen molar-refractivity contribution in [1.29, 1.82) is 0 Å². The molecule has 92 valence electrons. The number of carboxylic acids is 1. The van der Waals surface area contributed by atoms with Crippen LogP contribution in [0.3, 0.4) is 0 Å². The van der Waals surface area contributed by atoms with E-state index in [4.69, 9.17) is 16.7 Å². The number of halogens is 2. The van der Waals surface area contributed by atoms with Crippen molar-refractivity contribution < 1.29 is 9.90 Å². The van der Waals surface area contributed by atoms with Gasteiger partial charge < -0.3 is 10.4 Å². The smallest absolute Gasteiger partial charge is 0.337 e. The summed E-state index contributed by atoms with van der Waals surface area (Å²) in [5.74, 6) is -0.985. The van der Waals surface area contributed by atoms with E-state index in [0.29, 0.717) is 16.4 Å². The predicted molar refractivity (Wildman–Crippen MR) is 75.8 cm³/mol. The first kappa shape index (κ1) is 12.9. The van der Waals surface area contributed by atoms with Crippen molar-refractivity contribution in [3.8, 4) is 0 Å². The molecule has 18 heavy (non-hydrogen) atoms. The van der Waals surface area contributed by atoms with Gasteiger partial charge >= 0.3 is 5.97 Å². The van der Waals surface area contributed by atoms with Gasteiger partial charge in [0.1, 0.15) is 0 Å². The lowest BCUT2D eigenvalue weighted by Gasteiger charge is -2.12. The number of rotatable bonds is 3. The van der Waals surface area contributed by atoms with E-state index >= 15 is 0 Å². The first-order chi connectivity index (χ1) is 8.59. The number of hydrogen-bond donors (Lipinski definition) is 2. The third-order valence-electron chi connectivity index (χ3n) is 2.38. The number of carbonyl (C=O) groups is 1. The molecule has 2 aromatic carbocycles. The number of benzene rings is 2. The number of carboxylic acid groups (broad SMARTS) is 1. The molecule has 0 bridgehead atoms. The fraction of sp³-hybridized carbons (Fsp3) is 0. The highest BCUT2D eigenvalue weighted by molar-refractivity contribution is 9.10. The molecule has 0 aliphatic rings. The molecule has 0 heterocycles. The maximum absolute atomic E-state index is 11.1. The maximum atomic E-state index is 11.1. The molecule has 0 saturated heterocycles. The Morgan fingerprint density at radius 1 is 1.17 bits per heavy atom. The topological polar surface area (TPSA) is 49.3 Å². The van der Waals surface area contributed by atoms with Crippen LogP contribution in [0.15, 0.2) is 46.9 Å². The lowest BCUT2D eigenvalue weighted by atomic mass is 10.1. The Morgan fingerprint density at radius 2 is 1.89 bits per heavy atom. The minimum Gasteiger partial charge on any atom is -0.478 e. The summed E-state index contributed by atoms with van der Waals surface area (Å²) in [6.45, 7) is 0. The summed E-state index contributed by atoms with van der Waals surface area (Å²) in [5.41, 5.74) is 1.34. The molecule has 0 aromatic heterocycles. The minimum atomic E-state index is -0.985. The lowest BCUT2D eigenvalue weighted by Crippen LogP contribution is -2.02. The van der Waals surface area contributed by atoms with Crippen LogP contribution in [0.2, 0.25) is 5.02 Å². The lowest BCUT2D eigenvalue weighted by molar-refractivity contribution is 0.0698. The minimum absolute atomic E-state index is 0.198. The average Bonchev–Trinajstić information content (AvgIpc) is 2.34. The van der Waals surface area contributed by atoms with Crippen LogP contribution in [0.4, 0.5) is 11.4 Å². The SMILES string of the molecule is O=C(O)c1ccccc1Nc1c(Cl)cccc1Br. The molecule has 5 heteroatoms. The summed E-state index contributed by atoms with van der Waals surface area (Å²) in [7, 11) is 0. The zero-order chi connectivity index (χ0) is 13.1. The summed E-state index contributed by atoms with van der Waals surface area (Å²) in [6, 6.07) is 12.0. The Morgan fingerprint density at radius 3 is 2.56 bits per heavy atom. The third-order valence-corrected chi connectivity index (χ3v) is 3.36. The molecule has 0 unspecified atom stereocenters. The number of anilines is 2. The third kappa shape index (κ3) is 2.66. The standard InChI is InChI=1S/C13H9BrClNO2/c14-9-5-3-6-10(15)12(9)16-11-7-2-1-4-8(11)13(17)18/h1-7,16H,(H,17,18). The van der Waals surface area contributed by atoms with Crippen LogP contribution in [0, 0.1) is 0 Å². The number of hydrogen-bond acceptors (Lipinski definition) is 2. The van der Waals surface area contributed by atoms with Gasteiger partial charge in [-0.15, -0.1) is 0 Å². The van der Waals surface area contributed by atoms with Crippen LogP contribution < -0.4 is 5.32 Å². The fourth-order valence-corrected chi connectivity index (χ4v) is 2.33. The van der Waals surface area contributed by atoms with Gasteiger partial charge in [0.15, 0.2) is 0 Å². The fourth-order valence-electron chi connectivity index (χ4n) is 1.53. The second kappa shape index (κ2) is 5.42. The van der Waals surface area contributed by atoms with Crippen molar-refractivity contribution in [3.05, 3.63) is 57.5 Å². The number of nitrogens with one attached hydrogen (secondary N) is 1. The summed E-state index contributed by atoms with van der Waals surface area (Å²) in [6.07, 6.45) is 0. The van der Waals surface area contributed by atoms with Crippen LogP contribution in [0.5, 0.6) is 0 Å². The highest BCUT2D eigenvalue weighted by atomic mass is 79.9. The van der Waals surface area contributed by atoms with E-state index in [0.717, 1.165) is 4.47 Å². The van der Waals surface area contributed by atoms with E-state index in [1.165, 1.54) is 6.07 Å². The van der Waals surface area contributed by atoms with E-state index in [1.807, 2.05) is 6.07 Å². The Bertz CT molecular complexity index is 581. The Balaban J connectivity index is 2.43. The zero-order valence-corrected chi connectivity index (χ0v) is 11.5. The summed E-state index contributed by atoms with van der Waals surface area (Å²) in [4.78, 5) is 11.1. The molecule has 0 saturated carbocycles. The molecule has 0 aliphatic heterocycles. The van der Waals surface area contributed by atoms with E-state index in [-0.39, 0.29) is 5.56 Å². The van der Waals surface area contributed by atoms with Gasteiger partial charge in [-0.3, -0.25) is 0 Å². The van der Waals surface area contributed by atoms with E-state index in [2.05, 4.69) is 21.2 Å². The zero-order valence-electron chi connectivity index (χ0n) is 9.15. The molecule has 2 N–H and O–H groups in total. The summed E-state index contributed by atoms with van der Waals surface area (Å²) in [5, 5.41) is 12.6. The largest absolute Gasteiger partial charge is 0.478 e. The van der Waals surface area contributed by atoms with E-state index in [1.54, 1.807) is 30.3 Å². The quantitative estimate of drug-likeness (QED) is 0.870. The molecular weight excluding hydrogens is 318 g/mol. The molecule has 3 nitrogen and oxygen atoms in total. The van der Waals surface area contributed by atoms with Crippen LogP contribution in [-0.4, -0.2) is 11.1 Å². The van der Waals surface area contributed by atoms with Crippen molar-refractivity contribution in [2.24, 2.45) is 0 Å². The average molecular weight is 327 g/mol. The van der Waals surface area contributed by atoms with Crippen molar-refractivity contribution in [2.45, 2.75) is 0 Å². The second-order valence-electron chi connectivity index (χ2n) is 3.57. The molecule has 0 atom stereocenters. The normalized spacial score (nSPS) is 10.1. The molecule has 2 aromatic rings. The second-order valence-corrected chi connectivity index (χ2v) is 4.83. The van der Waals surface area contributed by atoms with Gasteiger partial charge in [0.25, 0.3) is 0 Å². The Hall–Kier alpha value is -1.52. The number of para-hydroxylation sites is 2. The van der Waals surface area contributed by atoms with Gasteiger partial charge in [-0.2, -0.15) is 0 Å². The van der Waals surface area contributed by atoms with Crippen molar-refractivity contribution in [1.82, 2.24) is 0 Å². The molecule has 0 fully saturated rings. The van der Waals surface area contributed by atoms with Gasteiger partial charge in [0, 0.05) is 4.47 Å². The Kier molecular flexibility index (Phi) is 3.89. The molecule has 0 radical (unpaired) electrons. The monoisotopic (exact) mass is 325 g/mol. The van der Waals surface area contributed by atoms with E-state index < -0.39 is 5.97 Å². The predicted octanol–water partition coefficient (Wildman–Crippen LogP) is 4.54. The van der Waals surface area contributed by atoms with Gasteiger partial charge in [-0.1, -0.05) is 29.8 Å². The van der Waals surface area contributed by atoms with E-state index in [9.17, 15) is 4.79 Å². The van der Waals surface area contributed by atoms with Crippen molar-refractivity contribution >= 4 is 44.9 Å². The molecule has 0 aliphatic carbocycles. The van der Waals surface area contributed by atoms with Crippen LogP contribution in [0.1, 0.15) is 10.4 Å². The highest BCUT2D eigenvalue weighted by Crippen LogP contribution is 2.33. The Labute approximate surface area is 118 Å². The highest BCUT2D eigenvalue weighted by Gasteiger charge is 2.11. The van der Waals surface area contributed by atoms with Crippen molar-refractivity contribution in [3.63, 3.8) is 0 Å². The summed E-state index contributed by atoms with van der Waals surface area (Å²) < 4.78 is 0.773. The summed E-state index contributed by atoms with van der Waals surface area (Å²) >= 11 is 9.44. The molecule has 2 rings (SSSR count). The van der Waals surface area contributed by atoms with Gasteiger partial charge in [0.2, 0.25) is 0 Å². The van der Waals surface area contributed by atoms with Crippen LogP contribution in [0.25, 0.3) is 0 Å². The first-order valence-electron chi connectivity index (χ1n) is 5.13. The first-order valence-corrected chi connectivity index (χ1v) is 6.30. The molecule has 0 spiro atoms.